The van der Waals surface area contributed by atoms with Crippen molar-refractivity contribution >= 4 is 17.3 Å². The van der Waals surface area contributed by atoms with Crippen LogP contribution in [-0.2, 0) is 10.3 Å². The molecule has 1 aromatic carbocycles. The second-order valence-corrected chi connectivity index (χ2v) is 9.89. The molecule has 8 heteroatoms. The third kappa shape index (κ3) is 4.43. The van der Waals surface area contributed by atoms with Gasteiger partial charge in [0, 0.05) is 56.0 Å². The molecule has 5 rings (SSSR count). The summed E-state index contributed by atoms with van der Waals surface area (Å²) in [5, 5.41) is 13.6. The standard InChI is InChI=1S/C28H29N5O3/c1-17-5-6-20(32-27(35)18-7-8-30-25(12-18)28(2,3)29-4)13-22(17)19-11-23-26(31-15-19)24(34)14-21-16-36-10-9-33(21)23/h5-8,11-13,15,21,24,34H,9-10,14,16H2,1-3H3,(H,32,35). The maximum absolute atomic E-state index is 13.0. The first-order chi connectivity index (χ1) is 17.3. The van der Waals surface area contributed by atoms with Gasteiger partial charge in [-0.2, -0.15) is 0 Å². The fraction of sp³-hybridized carbons (Fsp3) is 0.357. The lowest BCUT2D eigenvalue weighted by Gasteiger charge is -2.43. The predicted octanol–water partition coefficient (Wildman–Crippen LogP) is 4.50. The lowest BCUT2D eigenvalue weighted by atomic mass is 9.94. The maximum atomic E-state index is 13.0. The molecule has 1 fully saturated rings. The van der Waals surface area contributed by atoms with Gasteiger partial charge in [-0.1, -0.05) is 6.07 Å². The number of pyridine rings is 2. The van der Waals surface area contributed by atoms with Gasteiger partial charge >= 0.3 is 0 Å². The number of fused-ring (bicyclic) bond motifs is 3. The smallest absolute Gasteiger partial charge is 0.268 e. The third-order valence-corrected chi connectivity index (χ3v) is 6.98. The molecular weight excluding hydrogens is 454 g/mol. The van der Waals surface area contributed by atoms with E-state index in [1.165, 1.54) is 0 Å². The van der Waals surface area contributed by atoms with E-state index in [-0.39, 0.29) is 11.9 Å². The first-order valence-corrected chi connectivity index (χ1v) is 12.1. The second-order valence-electron chi connectivity index (χ2n) is 9.89. The molecule has 1 amide bonds. The Hall–Kier alpha value is -3.80. The van der Waals surface area contributed by atoms with E-state index < -0.39 is 11.6 Å². The number of aryl methyl sites for hydroxylation is 1. The van der Waals surface area contributed by atoms with E-state index in [1.807, 2.05) is 25.1 Å². The quantitative estimate of drug-likeness (QED) is 0.531. The Morgan fingerprint density at radius 3 is 2.89 bits per heavy atom. The summed E-state index contributed by atoms with van der Waals surface area (Å²) in [6.45, 7) is 15.0. The number of hydrogen-bond acceptors (Lipinski definition) is 6. The van der Waals surface area contributed by atoms with Crippen molar-refractivity contribution in [2.24, 2.45) is 0 Å². The summed E-state index contributed by atoms with van der Waals surface area (Å²) in [5.74, 6) is -0.267. The summed E-state index contributed by atoms with van der Waals surface area (Å²) in [7, 11) is 0. The number of aliphatic hydroxyl groups is 1. The number of carbonyl (C=O) groups is 1. The van der Waals surface area contributed by atoms with Crippen LogP contribution in [0.25, 0.3) is 16.0 Å². The number of anilines is 2. The lowest BCUT2D eigenvalue weighted by Crippen LogP contribution is -2.49. The molecule has 8 nitrogen and oxygen atoms in total. The van der Waals surface area contributed by atoms with Crippen LogP contribution in [0.5, 0.6) is 0 Å². The van der Waals surface area contributed by atoms with Crippen LogP contribution in [0.2, 0.25) is 0 Å². The largest absolute Gasteiger partial charge is 0.387 e. The van der Waals surface area contributed by atoms with Crippen LogP contribution in [0, 0.1) is 13.5 Å². The van der Waals surface area contributed by atoms with E-state index in [4.69, 9.17) is 11.3 Å². The van der Waals surface area contributed by atoms with E-state index in [1.54, 1.807) is 38.4 Å². The number of hydrogen-bond donors (Lipinski definition) is 2. The summed E-state index contributed by atoms with van der Waals surface area (Å²) in [6, 6.07) is 11.3. The molecule has 3 aromatic rings. The number of aliphatic hydroxyl groups excluding tert-OH is 1. The molecular formula is C28H29N5O3. The van der Waals surface area contributed by atoms with E-state index in [0.29, 0.717) is 42.3 Å². The lowest BCUT2D eigenvalue weighted by molar-refractivity contribution is 0.0597. The van der Waals surface area contributed by atoms with E-state index in [2.05, 4.69) is 31.1 Å². The monoisotopic (exact) mass is 483 g/mol. The van der Waals surface area contributed by atoms with Crippen LogP contribution in [-0.4, -0.2) is 46.8 Å². The highest BCUT2D eigenvalue weighted by Gasteiger charge is 2.35. The minimum Gasteiger partial charge on any atom is -0.387 e. The normalized spacial score (nSPS) is 19.1. The number of morpholine rings is 1. The number of rotatable bonds is 4. The van der Waals surface area contributed by atoms with Gasteiger partial charge in [-0.3, -0.25) is 14.8 Å². The number of benzene rings is 1. The van der Waals surface area contributed by atoms with Gasteiger partial charge in [0.15, 0.2) is 0 Å². The third-order valence-electron chi connectivity index (χ3n) is 6.98. The highest BCUT2D eigenvalue weighted by atomic mass is 16.5. The topological polar surface area (TPSA) is 91.9 Å². The molecule has 0 aliphatic carbocycles. The average molecular weight is 484 g/mol. The zero-order valence-electron chi connectivity index (χ0n) is 20.7. The van der Waals surface area contributed by atoms with Crippen molar-refractivity contribution < 1.29 is 14.6 Å². The number of nitrogens with zero attached hydrogens (tertiary/aromatic N) is 4. The molecule has 2 aliphatic heterocycles. The molecule has 1 saturated heterocycles. The maximum Gasteiger partial charge on any atom is 0.268 e. The fourth-order valence-electron chi connectivity index (χ4n) is 4.81. The van der Waals surface area contributed by atoms with Crippen molar-refractivity contribution in [3.05, 3.63) is 82.7 Å². The Morgan fingerprint density at radius 1 is 1.25 bits per heavy atom. The van der Waals surface area contributed by atoms with Crippen LogP contribution in [0.1, 0.15) is 53.7 Å². The number of nitrogens with one attached hydrogen (secondary N) is 1. The fourth-order valence-corrected chi connectivity index (χ4v) is 4.81. The molecule has 2 N–H and O–H groups in total. The summed E-state index contributed by atoms with van der Waals surface area (Å²) in [6.07, 6.45) is 3.35. The van der Waals surface area contributed by atoms with Crippen molar-refractivity contribution in [2.45, 2.75) is 44.9 Å². The first-order valence-electron chi connectivity index (χ1n) is 12.1. The molecule has 2 unspecified atom stereocenters. The summed E-state index contributed by atoms with van der Waals surface area (Å²) >= 11 is 0. The van der Waals surface area contributed by atoms with Crippen molar-refractivity contribution in [1.29, 1.82) is 0 Å². The van der Waals surface area contributed by atoms with Gasteiger partial charge in [-0.25, -0.2) is 6.57 Å². The van der Waals surface area contributed by atoms with Gasteiger partial charge in [0.2, 0.25) is 0 Å². The Kier molecular flexibility index (Phi) is 6.20. The van der Waals surface area contributed by atoms with E-state index in [0.717, 1.165) is 28.9 Å². The van der Waals surface area contributed by atoms with Crippen molar-refractivity contribution in [2.75, 3.05) is 30.0 Å². The average Bonchev–Trinajstić information content (AvgIpc) is 2.89. The van der Waals surface area contributed by atoms with Crippen LogP contribution in [0.3, 0.4) is 0 Å². The molecule has 0 saturated carbocycles. The molecule has 36 heavy (non-hydrogen) atoms. The van der Waals surface area contributed by atoms with Gasteiger partial charge < -0.3 is 24.9 Å². The minimum atomic E-state index is -0.806. The van der Waals surface area contributed by atoms with Crippen molar-refractivity contribution in [1.82, 2.24) is 9.97 Å². The van der Waals surface area contributed by atoms with Gasteiger partial charge in [0.25, 0.3) is 11.4 Å². The van der Waals surface area contributed by atoms with Crippen LogP contribution in [0.4, 0.5) is 11.4 Å². The second kappa shape index (κ2) is 9.34. The summed E-state index contributed by atoms with van der Waals surface area (Å²) in [4.78, 5) is 27.8. The van der Waals surface area contributed by atoms with Gasteiger partial charge in [0.05, 0.1) is 30.6 Å². The Bertz CT molecular complexity index is 1360. The van der Waals surface area contributed by atoms with Gasteiger partial charge in [0.1, 0.15) is 11.8 Å². The van der Waals surface area contributed by atoms with Gasteiger partial charge in [-0.15, -0.1) is 0 Å². The van der Waals surface area contributed by atoms with Crippen molar-refractivity contribution in [3.63, 3.8) is 0 Å². The SMILES string of the molecule is [C-]#[N+]C(C)(C)c1cc(C(=O)Nc2ccc(C)c(-c3cnc4c(c3)N3CCOCC3CC4O)c2)ccn1. The van der Waals surface area contributed by atoms with Crippen molar-refractivity contribution in [3.8, 4) is 11.1 Å². The number of ether oxygens (including phenoxy) is 1. The number of carbonyl (C=O) groups excluding carboxylic acids is 1. The molecule has 2 aliphatic rings. The highest BCUT2D eigenvalue weighted by molar-refractivity contribution is 6.04. The molecule has 0 bridgehead atoms. The summed E-state index contributed by atoms with van der Waals surface area (Å²) in [5.41, 5.74) is 5.43. The predicted molar refractivity (Wildman–Crippen MR) is 138 cm³/mol. The molecule has 4 heterocycles. The molecule has 2 atom stereocenters. The molecule has 184 valence electrons. The minimum absolute atomic E-state index is 0.142. The zero-order chi connectivity index (χ0) is 25.4. The van der Waals surface area contributed by atoms with Crippen LogP contribution >= 0.6 is 0 Å². The number of aromatic nitrogens is 2. The Morgan fingerprint density at radius 2 is 2.08 bits per heavy atom. The summed E-state index contributed by atoms with van der Waals surface area (Å²) < 4.78 is 5.63. The molecule has 2 aromatic heterocycles. The molecule has 0 radical (unpaired) electrons. The van der Waals surface area contributed by atoms with Crippen LogP contribution < -0.4 is 10.2 Å². The Balaban J connectivity index is 1.44. The number of amides is 1. The van der Waals surface area contributed by atoms with E-state index >= 15 is 0 Å². The first kappa shape index (κ1) is 23.9. The Labute approximate surface area is 210 Å². The van der Waals surface area contributed by atoms with E-state index in [9.17, 15) is 9.90 Å². The highest BCUT2D eigenvalue weighted by Crippen LogP contribution is 2.39. The zero-order valence-corrected chi connectivity index (χ0v) is 20.7. The van der Waals surface area contributed by atoms with Gasteiger partial charge in [-0.05, 0) is 48.4 Å². The van der Waals surface area contributed by atoms with Crippen LogP contribution in [0.15, 0.2) is 48.8 Å². The molecule has 0 spiro atoms.